The molecule has 0 fully saturated rings. The normalized spacial score (nSPS) is 14.7. The molecule has 1 atom stereocenters. The molecule has 0 N–H and O–H groups in total. The highest BCUT2D eigenvalue weighted by atomic mass is 35.5. The molecule has 3 aromatic rings. The maximum absolute atomic E-state index is 13.0. The number of carbonyl (C=O) groups is 1. The summed E-state index contributed by atoms with van der Waals surface area (Å²) < 4.78 is 6.46. The summed E-state index contributed by atoms with van der Waals surface area (Å²) in [6.45, 7) is 1.64. The number of aryl methyl sites for hydroxylation is 2. The Hall–Kier alpha value is -2.25. The zero-order valence-corrected chi connectivity index (χ0v) is 16.3. The number of benzene rings is 1. The number of thiophene rings is 1. The van der Waals surface area contributed by atoms with Gasteiger partial charge in [-0.2, -0.15) is 4.68 Å². The fraction of sp³-hybridized carbons (Fsp3) is 0.368. The highest BCUT2D eigenvalue weighted by Gasteiger charge is 2.25. The SMILES string of the molecule is C[C@@H](C(=O)OCc1ccccc1Cl)n1nnc2sc3c(c2c1=O)CCCC3. The van der Waals surface area contributed by atoms with Gasteiger partial charge in [0.2, 0.25) is 0 Å². The molecule has 2 aromatic heterocycles. The van der Waals surface area contributed by atoms with Crippen LogP contribution in [0.25, 0.3) is 10.2 Å². The minimum absolute atomic E-state index is 0.0428. The van der Waals surface area contributed by atoms with E-state index < -0.39 is 12.0 Å². The summed E-state index contributed by atoms with van der Waals surface area (Å²) in [5.41, 5.74) is 1.51. The molecule has 0 radical (unpaired) electrons. The van der Waals surface area contributed by atoms with Crippen LogP contribution in [0.1, 0.15) is 41.8 Å². The molecule has 0 spiro atoms. The molecule has 8 heteroatoms. The van der Waals surface area contributed by atoms with E-state index in [0.717, 1.165) is 35.9 Å². The number of carbonyl (C=O) groups excluding carboxylic acids is 1. The molecule has 0 saturated carbocycles. The predicted molar refractivity (Wildman–Crippen MR) is 104 cm³/mol. The smallest absolute Gasteiger partial charge is 0.331 e. The maximum atomic E-state index is 13.0. The summed E-state index contributed by atoms with van der Waals surface area (Å²) in [6.07, 6.45) is 4.05. The molecule has 0 amide bonds. The lowest BCUT2D eigenvalue weighted by molar-refractivity contribution is -0.148. The van der Waals surface area contributed by atoms with Crippen molar-refractivity contribution >= 4 is 39.1 Å². The van der Waals surface area contributed by atoms with E-state index in [-0.39, 0.29) is 12.2 Å². The van der Waals surface area contributed by atoms with Crippen LogP contribution in [0.5, 0.6) is 0 Å². The van der Waals surface area contributed by atoms with Crippen LogP contribution in [0.15, 0.2) is 29.1 Å². The first-order chi connectivity index (χ1) is 13.1. The van der Waals surface area contributed by atoms with Gasteiger partial charge >= 0.3 is 5.97 Å². The second-order valence-corrected chi connectivity index (χ2v) is 8.10. The Labute approximate surface area is 164 Å². The van der Waals surface area contributed by atoms with E-state index in [0.29, 0.717) is 20.8 Å². The van der Waals surface area contributed by atoms with Gasteiger partial charge in [0, 0.05) is 15.5 Å². The summed E-state index contributed by atoms with van der Waals surface area (Å²) in [5.74, 6) is -0.547. The van der Waals surface area contributed by atoms with Crippen LogP contribution in [0.2, 0.25) is 5.02 Å². The molecule has 0 saturated heterocycles. The number of esters is 1. The molecule has 0 unspecified atom stereocenters. The first-order valence-electron chi connectivity index (χ1n) is 8.86. The second-order valence-electron chi connectivity index (χ2n) is 6.61. The number of halogens is 1. The zero-order chi connectivity index (χ0) is 19.0. The highest BCUT2D eigenvalue weighted by Crippen LogP contribution is 2.33. The quantitative estimate of drug-likeness (QED) is 0.621. The van der Waals surface area contributed by atoms with Crippen LogP contribution in [0, 0.1) is 0 Å². The monoisotopic (exact) mass is 403 g/mol. The molecule has 0 bridgehead atoms. The first-order valence-corrected chi connectivity index (χ1v) is 10.1. The van der Waals surface area contributed by atoms with Gasteiger partial charge in [-0.15, -0.1) is 16.4 Å². The van der Waals surface area contributed by atoms with Crippen LogP contribution in [-0.4, -0.2) is 21.0 Å². The van der Waals surface area contributed by atoms with Gasteiger partial charge in [-0.25, -0.2) is 4.79 Å². The predicted octanol–water partition coefficient (Wildman–Crippen LogP) is 3.69. The number of fused-ring (bicyclic) bond motifs is 3. The highest BCUT2D eigenvalue weighted by molar-refractivity contribution is 7.18. The van der Waals surface area contributed by atoms with E-state index in [1.165, 1.54) is 16.2 Å². The lowest BCUT2D eigenvalue weighted by Gasteiger charge is -2.14. The van der Waals surface area contributed by atoms with Crippen LogP contribution in [0.4, 0.5) is 0 Å². The van der Waals surface area contributed by atoms with Gasteiger partial charge in [-0.05, 0) is 44.2 Å². The average molecular weight is 404 g/mol. The maximum Gasteiger partial charge on any atom is 0.331 e. The van der Waals surface area contributed by atoms with Gasteiger partial charge in [-0.3, -0.25) is 4.79 Å². The third-order valence-electron chi connectivity index (χ3n) is 4.84. The van der Waals surface area contributed by atoms with Crippen LogP contribution in [0.3, 0.4) is 0 Å². The summed E-state index contributed by atoms with van der Waals surface area (Å²) >= 11 is 7.62. The van der Waals surface area contributed by atoms with Crippen molar-refractivity contribution in [1.29, 1.82) is 0 Å². The Morgan fingerprint density at radius 1 is 1.33 bits per heavy atom. The van der Waals surface area contributed by atoms with Crippen molar-refractivity contribution in [2.24, 2.45) is 0 Å². The topological polar surface area (TPSA) is 74.1 Å². The van der Waals surface area contributed by atoms with E-state index in [4.69, 9.17) is 16.3 Å². The number of hydrogen-bond acceptors (Lipinski definition) is 6. The van der Waals surface area contributed by atoms with Crippen LogP contribution >= 0.6 is 22.9 Å². The number of hydrogen-bond donors (Lipinski definition) is 0. The Morgan fingerprint density at radius 3 is 2.93 bits per heavy atom. The number of aromatic nitrogens is 3. The van der Waals surface area contributed by atoms with Gasteiger partial charge in [-0.1, -0.05) is 35.0 Å². The molecular weight excluding hydrogens is 386 g/mol. The summed E-state index contributed by atoms with van der Waals surface area (Å²) in [5, 5.41) is 9.30. The van der Waals surface area contributed by atoms with E-state index in [1.807, 2.05) is 12.1 Å². The fourth-order valence-corrected chi connectivity index (χ4v) is 4.71. The van der Waals surface area contributed by atoms with Crippen molar-refractivity contribution in [2.75, 3.05) is 0 Å². The van der Waals surface area contributed by atoms with Gasteiger partial charge in [0.1, 0.15) is 6.61 Å². The molecule has 0 aliphatic heterocycles. The third kappa shape index (κ3) is 3.37. The Morgan fingerprint density at radius 2 is 2.11 bits per heavy atom. The molecule has 27 heavy (non-hydrogen) atoms. The van der Waals surface area contributed by atoms with Gasteiger partial charge < -0.3 is 4.74 Å². The Kier molecular flexibility index (Phi) is 4.97. The van der Waals surface area contributed by atoms with Gasteiger partial charge in [0.25, 0.3) is 5.56 Å². The van der Waals surface area contributed by atoms with Crippen molar-refractivity contribution in [2.45, 2.75) is 45.3 Å². The lowest BCUT2D eigenvalue weighted by Crippen LogP contribution is -2.32. The fourth-order valence-electron chi connectivity index (χ4n) is 3.32. The van der Waals surface area contributed by atoms with Crippen LogP contribution < -0.4 is 5.56 Å². The van der Waals surface area contributed by atoms with Crippen molar-refractivity contribution in [3.63, 3.8) is 0 Å². The van der Waals surface area contributed by atoms with Crippen LogP contribution in [-0.2, 0) is 29.0 Å². The Balaban J connectivity index is 1.59. The van der Waals surface area contributed by atoms with Crippen molar-refractivity contribution in [3.05, 3.63) is 55.6 Å². The minimum Gasteiger partial charge on any atom is -0.459 e. The number of rotatable bonds is 4. The van der Waals surface area contributed by atoms with Crippen molar-refractivity contribution < 1.29 is 9.53 Å². The Bertz CT molecular complexity index is 1080. The first kappa shape index (κ1) is 18.1. The molecule has 140 valence electrons. The van der Waals surface area contributed by atoms with E-state index in [2.05, 4.69) is 10.3 Å². The molecule has 6 nitrogen and oxygen atoms in total. The number of ether oxygens (including phenoxy) is 1. The van der Waals surface area contributed by atoms with Crippen molar-refractivity contribution in [3.8, 4) is 0 Å². The molecule has 1 aliphatic rings. The minimum atomic E-state index is -0.865. The van der Waals surface area contributed by atoms with Crippen molar-refractivity contribution in [1.82, 2.24) is 15.0 Å². The van der Waals surface area contributed by atoms with E-state index >= 15 is 0 Å². The lowest BCUT2D eigenvalue weighted by atomic mass is 9.97. The van der Waals surface area contributed by atoms with E-state index in [1.54, 1.807) is 19.1 Å². The molecule has 1 aliphatic carbocycles. The summed E-state index contributed by atoms with van der Waals surface area (Å²) in [6, 6.07) is 6.29. The second kappa shape index (κ2) is 7.40. The molecular formula is C19H18ClN3O3S. The molecule has 2 heterocycles. The number of nitrogens with zero attached hydrogens (tertiary/aromatic N) is 3. The molecule has 1 aromatic carbocycles. The van der Waals surface area contributed by atoms with Gasteiger partial charge in [0.15, 0.2) is 10.9 Å². The summed E-state index contributed by atoms with van der Waals surface area (Å²) in [4.78, 5) is 27.3. The standard InChI is InChI=1S/C19H18ClN3O3S/c1-11(19(25)26-10-12-6-2-4-8-14(12)20)23-18(24)16-13-7-3-5-9-15(13)27-17(16)21-22-23/h2,4,6,8,11H,3,5,7,9-10H2,1H3/t11-/m0/s1. The largest absolute Gasteiger partial charge is 0.459 e. The average Bonchev–Trinajstić information content (AvgIpc) is 3.06. The van der Waals surface area contributed by atoms with E-state index in [9.17, 15) is 9.59 Å². The summed E-state index contributed by atoms with van der Waals surface area (Å²) in [7, 11) is 0. The zero-order valence-electron chi connectivity index (χ0n) is 14.8. The van der Waals surface area contributed by atoms with Gasteiger partial charge in [0.05, 0.1) is 5.39 Å². The molecule has 4 rings (SSSR count). The third-order valence-corrected chi connectivity index (χ3v) is 6.39.